The van der Waals surface area contributed by atoms with Gasteiger partial charge < -0.3 is 18.9 Å². The van der Waals surface area contributed by atoms with Crippen molar-refractivity contribution in [1.29, 1.82) is 0 Å². The molecule has 0 aliphatic carbocycles. The van der Waals surface area contributed by atoms with E-state index in [1.165, 1.54) is 116 Å². The number of quaternary nitrogens is 1. The van der Waals surface area contributed by atoms with Crippen LogP contribution in [0.5, 0.6) is 0 Å². The van der Waals surface area contributed by atoms with Crippen molar-refractivity contribution in [3.8, 4) is 0 Å². The number of unbranched alkanes of at least 4 members (excludes halogenated alkanes) is 22. The Labute approximate surface area is 450 Å². The van der Waals surface area contributed by atoms with E-state index < -0.39 is 13.9 Å². The summed E-state index contributed by atoms with van der Waals surface area (Å²) in [6.45, 7) is 5.47. The van der Waals surface area contributed by atoms with Gasteiger partial charge in [0.25, 0.3) is 0 Å². The molecule has 0 aliphatic heterocycles. The molecule has 0 amide bonds. The Hall–Kier alpha value is -2.84. The summed E-state index contributed by atoms with van der Waals surface area (Å²) < 4.78 is 35.3. The number of phosphoric acid groups is 1. The average molecular weight is 1040 g/mol. The topological polar surface area (TPSA) is 91.3 Å². The van der Waals surface area contributed by atoms with Crippen LogP contribution >= 0.6 is 7.82 Å². The maximum Gasteiger partial charge on any atom is 0.472 e. The van der Waals surface area contributed by atoms with Crippen LogP contribution in [0.25, 0.3) is 0 Å². The van der Waals surface area contributed by atoms with E-state index in [1.54, 1.807) is 0 Å². The molecule has 0 radical (unpaired) electrons. The maximum atomic E-state index is 12.8. The van der Waals surface area contributed by atoms with E-state index in [1.807, 2.05) is 21.1 Å². The molecule has 9 heteroatoms. The minimum absolute atomic E-state index is 0.0789. The van der Waals surface area contributed by atoms with Gasteiger partial charge in [0.15, 0.2) is 0 Å². The Morgan fingerprint density at radius 1 is 0.438 bits per heavy atom. The van der Waals surface area contributed by atoms with Crippen LogP contribution < -0.4 is 0 Å². The fourth-order valence-electron chi connectivity index (χ4n) is 7.80. The SMILES string of the molecule is CC/C=C\C/C=C\C/C=C\C/C=C\C/C=C\C/C=C\CCCCCCCCC(=O)OC(COCCCCCCCCCCCCC/C=C\C/C=C\C/C=C\CCCCCCC)COP(=O)(O)OCC[N+](C)(C)C. The number of allylic oxidation sites excluding steroid dienone is 18. The normalized spacial score (nSPS) is 14.2. The zero-order valence-electron chi connectivity index (χ0n) is 47.8. The minimum atomic E-state index is -4.30. The highest BCUT2D eigenvalue weighted by Crippen LogP contribution is 2.43. The highest BCUT2D eigenvalue weighted by atomic mass is 31.2. The number of ether oxygens (including phenoxy) is 2. The van der Waals surface area contributed by atoms with E-state index in [0.29, 0.717) is 24.1 Å². The van der Waals surface area contributed by atoms with Gasteiger partial charge in [-0.15, -0.1) is 0 Å². The molecule has 0 aromatic carbocycles. The van der Waals surface area contributed by atoms with Crippen molar-refractivity contribution in [1.82, 2.24) is 0 Å². The molecule has 2 unspecified atom stereocenters. The molecule has 0 heterocycles. The van der Waals surface area contributed by atoms with Gasteiger partial charge in [-0.2, -0.15) is 0 Å². The van der Waals surface area contributed by atoms with Gasteiger partial charge in [-0.1, -0.05) is 232 Å². The first-order valence-corrected chi connectivity index (χ1v) is 31.1. The van der Waals surface area contributed by atoms with Gasteiger partial charge in [-0.05, 0) is 103 Å². The molecule has 2 atom stereocenters. The lowest BCUT2D eigenvalue weighted by Crippen LogP contribution is -2.37. The first-order chi connectivity index (χ1) is 35.6. The fraction of sp³-hybridized carbons (Fsp3) is 0.703. The quantitative estimate of drug-likeness (QED) is 0.0213. The number of nitrogens with zero attached hydrogens (tertiary/aromatic N) is 1. The number of rotatable bonds is 54. The van der Waals surface area contributed by atoms with Crippen LogP contribution in [0.2, 0.25) is 0 Å². The lowest BCUT2D eigenvalue weighted by atomic mass is 10.1. The lowest BCUT2D eigenvalue weighted by molar-refractivity contribution is -0.870. The van der Waals surface area contributed by atoms with Crippen molar-refractivity contribution in [2.24, 2.45) is 0 Å². The summed E-state index contributed by atoms with van der Waals surface area (Å²) in [6.07, 6.45) is 78.7. The Morgan fingerprint density at radius 2 is 0.795 bits per heavy atom. The second-order valence-corrected chi connectivity index (χ2v) is 22.1. The van der Waals surface area contributed by atoms with Crippen LogP contribution in [0.1, 0.15) is 232 Å². The number of carbonyl (C=O) groups excluding carboxylic acids is 1. The van der Waals surface area contributed by atoms with Gasteiger partial charge in [0.1, 0.15) is 19.3 Å². The predicted octanol–water partition coefficient (Wildman–Crippen LogP) is 19.1. The molecule has 0 aromatic heterocycles. The van der Waals surface area contributed by atoms with Crippen LogP contribution in [0.3, 0.4) is 0 Å². The smallest absolute Gasteiger partial charge is 0.457 e. The molecule has 1 N–H and O–H groups in total. The summed E-state index contributed by atoms with van der Waals surface area (Å²) in [6, 6.07) is 0. The molecule has 0 rings (SSSR count). The van der Waals surface area contributed by atoms with Crippen LogP contribution in [-0.4, -0.2) is 75.6 Å². The number of hydrogen-bond donors (Lipinski definition) is 1. The summed E-state index contributed by atoms with van der Waals surface area (Å²) >= 11 is 0. The minimum Gasteiger partial charge on any atom is -0.457 e. The van der Waals surface area contributed by atoms with E-state index in [-0.39, 0.29) is 25.8 Å². The zero-order valence-corrected chi connectivity index (χ0v) is 48.7. The first-order valence-electron chi connectivity index (χ1n) is 29.6. The van der Waals surface area contributed by atoms with Crippen LogP contribution in [-0.2, 0) is 27.9 Å². The Morgan fingerprint density at radius 3 is 1.19 bits per heavy atom. The van der Waals surface area contributed by atoms with Gasteiger partial charge in [-0.25, -0.2) is 4.57 Å². The second-order valence-electron chi connectivity index (χ2n) is 20.6. The van der Waals surface area contributed by atoms with E-state index in [2.05, 4.69) is 123 Å². The Balaban J connectivity index is 4.14. The highest BCUT2D eigenvalue weighted by Gasteiger charge is 2.26. The van der Waals surface area contributed by atoms with E-state index in [0.717, 1.165) is 96.3 Å². The molecule has 0 fully saturated rings. The summed E-state index contributed by atoms with van der Waals surface area (Å²) in [5.41, 5.74) is 0. The molecule has 8 nitrogen and oxygen atoms in total. The monoisotopic (exact) mass is 1040 g/mol. The third kappa shape index (κ3) is 59.9. The van der Waals surface area contributed by atoms with Gasteiger partial charge in [-0.3, -0.25) is 13.8 Å². The molecular formula is C64H113NO7P+. The van der Waals surface area contributed by atoms with E-state index in [9.17, 15) is 14.3 Å². The van der Waals surface area contributed by atoms with Crippen molar-refractivity contribution in [2.75, 3.05) is 54.1 Å². The fourth-order valence-corrected chi connectivity index (χ4v) is 8.54. The number of esters is 1. The van der Waals surface area contributed by atoms with Crippen molar-refractivity contribution in [2.45, 2.75) is 238 Å². The van der Waals surface area contributed by atoms with Crippen molar-refractivity contribution in [3.05, 3.63) is 109 Å². The molecule has 0 saturated carbocycles. The molecule has 0 aliphatic rings. The molecule has 0 saturated heterocycles. The van der Waals surface area contributed by atoms with Crippen LogP contribution in [0, 0.1) is 0 Å². The molecule has 73 heavy (non-hydrogen) atoms. The second kappa shape index (κ2) is 55.4. The number of hydrogen-bond acceptors (Lipinski definition) is 6. The first kappa shape index (κ1) is 70.2. The lowest BCUT2D eigenvalue weighted by Gasteiger charge is -2.24. The highest BCUT2D eigenvalue weighted by molar-refractivity contribution is 7.47. The molecular weight excluding hydrogens is 926 g/mol. The van der Waals surface area contributed by atoms with Gasteiger partial charge in [0.2, 0.25) is 0 Å². The van der Waals surface area contributed by atoms with E-state index in [4.69, 9.17) is 18.5 Å². The van der Waals surface area contributed by atoms with Crippen molar-refractivity contribution in [3.63, 3.8) is 0 Å². The van der Waals surface area contributed by atoms with E-state index >= 15 is 0 Å². The van der Waals surface area contributed by atoms with Crippen LogP contribution in [0.15, 0.2) is 109 Å². The summed E-state index contributed by atoms with van der Waals surface area (Å²) in [5.74, 6) is -0.331. The third-order valence-corrected chi connectivity index (χ3v) is 13.3. The number of likely N-dealkylation sites (N-methyl/N-ethyl adjacent to an activating group) is 1. The predicted molar refractivity (Wildman–Crippen MR) is 316 cm³/mol. The van der Waals surface area contributed by atoms with Gasteiger partial charge in [0.05, 0.1) is 34.4 Å². The summed E-state index contributed by atoms with van der Waals surface area (Å²) in [5, 5.41) is 0. The molecule has 420 valence electrons. The van der Waals surface area contributed by atoms with Gasteiger partial charge >= 0.3 is 13.8 Å². The van der Waals surface area contributed by atoms with Crippen LogP contribution in [0.4, 0.5) is 0 Å². The van der Waals surface area contributed by atoms with Gasteiger partial charge in [0, 0.05) is 13.0 Å². The largest absolute Gasteiger partial charge is 0.472 e. The summed E-state index contributed by atoms with van der Waals surface area (Å²) in [4.78, 5) is 23.1. The number of carbonyl (C=O) groups is 1. The summed E-state index contributed by atoms with van der Waals surface area (Å²) in [7, 11) is 1.64. The zero-order chi connectivity index (χ0) is 53.3. The molecule has 0 bridgehead atoms. The van der Waals surface area contributed by atoms with Crippen molar-refractivity contribution >= 4 is 13.8 Å². The Kier molecular flexibility index (Phi) is 53.2. The maximum absolute atomic E-state index is 12.8. The molecule has 0 aromatic rings. The van der Waals surface area contributed by atoms with Crippen molar-refractivity contribution < 1.29 is 37.3 Å². The number of phosphoric ester groups is 1. The molecule has 0 spiro atoms. The standard InChI is InChI=1S/C64H112NO7P/c1-6-8-10-12-14-16-18-20-22-24-26-28-30-32-34-36-38-40-42-44-46-48-50-52-54-56-59-69-61-63(62-71-73(67,68)70-60-58-65(3,4)5)72-64(66)57-55-53-51-49-47-45-43-41-39-37-35-33-31-29-27-25-23-21-19-17-15-13-11-9-7-2/h9,11,15,17-18,20-21,23-24,26-27,29-30,32-33,35,39,41,63H,6-8,10,12-14,16,19,22,25,28,31,34,36-38,40,42-62H2,1-5H3/p+1/b11-9-,17-15-,20-18-,23-21-,26-24-,29-27-,32-30-,35-33-,41-39-. The average Bonchev–Trinajstić information content (AvgIpc) is 3.35. The third-order valence-electron chi connectivity index (χ3n) is 12.3. The Bertz CT molecular complexity index is 1530.